The average molecular weight is 232 g/mol. The van der Waals surface area contributed by atoms with Crippen LogP contribution < -0.4 is 5.73 Å². The molecule has 0 fully saturated rings. The summed E-state index contributed by atoms with van der Waals surface area (Å²) in [5, 5.41) is 3.24. The van der Waals surface area contributed by atoms with Crippen LogP contribution in [0.2, 0.25) is 0 Å². The predicted molar refractivity (Wildman–Crippen MR) is 69.5 cm³/mol. The van der Waals surface area contributed by atoms with Crippen molar-refractivity contribution in [2.24, 2.45) is 5.73 Å². The zero-order valence-electron chi connectivity index (χ0n) is 9.39. The maximum atomic E-state index is 5.92. The molecule has 0 saturated carbocycles. The first-order valence-electron chi connectivity index (χ1n) is 5.55. The Morgan fingerprint density at radius 3 is 2.75 bits per heavy atom. The Hall–Kier alpha value is -1.19. The van der Waals surface area contributed by atoms with Gasteiger partial charge in [0.15, 0.2) is 0 Å². The second-order valence-corrected chi connectivity index (χ2v) is 4.81. The lowest BCUT2D eigenvalue weighted by Gasteiger charge is -2.04. The maximum absolute atomic E-state index is 5.92. The smallest absolute Gasteiger partial charge is 0.0948 e. The molecule has 0 aliphatic heterocycles. The van der Waals surface area contributed by atoms with Gasteiger partial charge in [0.25, 0.3) is 0 Å². The number of thiazole rings is 1. The SMILES string of the molecule is CCC(N)Cc1nc(-c2ccccc2)cs1. The van der Waals surface area contributed by atoms with Gasteiger partial charge in [-0.05, 0) is 6.42 Å². The Labute approximate surface area is 100 Å². The van der Waals surface area contributed by atoms with E-state index in [-0.39, 0.29) is 6.04 Å². The molecule has 1 atom stereocenters. The molecule has 2 aromatic rings. The van der Waals surface area contributed by atoms with Gasteiger partial charge < -0.3 is 5.73 Å². The predicted octanol–water partition coefficient (Wildman–Crippen LogP) is 3.09. The summed E-state index contributed by atoms with van der Waals surface area (Å²) < 4.78 is 0. The van der Waals surface area contributed by atoms with Crippen molar-refractivity contribution in [2.45, 2.75) is 25.8 Å². The van der Waals surface area contributed by atoms with Crippen LogP contribution in [0.25, 0.3) is 11.3 Å². The highest BCUT2D eigenvalue weighted by molar-refractivity contribution is 7.09. The fraction of sp³-hybridized carbons (Fsp3) is 0.308. The molecule has 1 aromatic carbocycles. The minimum absolute atomic E-state index is 0.231. The molecule has 0 aliphatic carbocycles. The monoisotopic (exact) mass is 232 g/mol. The summed E-state index contributed by atoms with van der Waals surface area (Å²) in [5.74, 6) is 0. The largest absolute Gasteiger partial charge is 0.327 e. The molecular formula is C13H16N2S. The maximum Gasteiger partial charge on any atom is 0.0948 e. The summed E-state index contributed by atoms with van der Waals surface area (Å²) >= 11 is 1.70. The first kappa shape index (κ1) is 11.3. The Kier molecular flexibility index (Phi) is 3.70. The topological polar surface area (TPSA) is 38.9 Å². The van der Waals surface area contributed by atoms with Gasteiger partial charge in [-0.1, -0.05) is 37.3 Å². The molecule has 3 heteroatoms. The molecule has 0 amide bonds. The minimum atomic E-state index is 0.231. The van der Waals surface area contributed by atoms with Crippen molar-refractivity contribution in [3.8, 4) is 11.3 Å². The molecule has 0 spiro atoms. The lowest BCUT2D eigenvalue weighted by atomic mass is 10.1. The molecule has 0 saturated heterocycles. The van der Waals surface area contributed by atoms with Gasteiger partial charge in [-0.25, -0.2) is 4.98 Å². The molecule has 0 radical (unpaired) electrons. The molecule has 1 heterocycles. The van der Waals surface area contributed by atoms with Crippen molar-refractivity contribution >= 4 is 11.3 Å². The normalized spacial score (nSPS) is 12.6. The van der Waals surface area contributed by atoms with Crippen LogP contribution in [-0.2, 0) is 6.42 Å². The molecule has 2 nitrogen and oxygen atoms in total. The van der Waals surface area contributed by atoms with E-state index in [4.69, 9.17) is 5.73 Å². The van der Waals surface area contributed by atoms with Gasteiger partial charge in [0.05, 0.1) is 10.7 Å². The van der Waals surface area contributed by atoms with E-state index in [2.05, 4.69) is 29.4 Å². The zero-order valence-corrected chi connectivity index (χ0v) is 10.2. The van der Waals surface area contributed by atoms with Crippen LogP contribution in [-0.4, -0.2) is 11.0 Å². The molecule has 16 heavy (non-hydrogen) atoms. The van der Waals surface area contributed by atoms with Gasteiger partial charge in [-0.2, -0.15) is 0 Å². The zero-order chi connectivity index (χ0) is 11.4. The average Bonchev–Trinajstić information content (AvgIpc) is 2.78. The summed E-state index contributed by atoms with van der Waals surface area (Å²) in [7, 11) is 0. The summed E-state index contributed by atoms with van der Waals surface area (Å²) in [6, 6.07) is 10.5. The minimum Gasteiger partial charge on any atom is -0.327 e. The van der Waals surface area contributed by atoms with E-state index in [9.17, 15) is 0 Å². The number of hydrogen-bond acceptors (Lipinski definition) is 3. The molecule has 1 unspecified atom stereocenters. The van der Waals surface area contributed by atoms with E-state index in [1.54, 1.807) is 11.3 Å². The van der Waals surface area contributed by atoms with Crippen molar-refractivity contribution in [1.82, 2.24) is 4.98 Å². The third-order valence-corrected chi connectivity index (χ3v) is 3.45. The summed E-state index contributed by atoms with van der Waals surface area (Å²) in [5.41, 5.74) is 8.15. The second kappa shape index (κ2) is 5.23. The van der Waals surface area contributed by atoms with Crippen molar-refractivity contribution in [3.63, 3.8) is 0 Å². The van der Waals surface area contributed by atoms with Gasteiger partial charge in [0, 0.05) is 23.4 Å². The number of nitrogens with zero attached hydrogens (tertiary/aromatic N) is 1. The lowest BCUT2D eigenvalue weighted by molar-refractivity contribution is 0.644. The quantitative estimate of drug-likeness (QED) is 0.879. The number of benzene rings is 1. The van der Waals surface area contributed by atoms with E-state index >= 15 is 0 Å². The first-order chi connectivity index (χ1) is 7.79. The number of rotatable bonds is 4. The van der Waals surface area contributed by atoms with Gasteiger partial charge in [-0.3, -0.25) is 0 Å². The van der Waals surface area contributed by atoms with Crippen molar-refractivity contribution in [3.05, 3.63) is 40.7 Å². The van der Waals surface area contributed by atoms with Crippen LogP contribution in [0.3, 0.4) is 0 Å². The molecule has 2 rings (SSSR count). The van der Waals surface area contributed by atoms with Crippen LogP contribution in [0.15, 0.2) is 35.7 Å². The summed E-state index contributed by atoms with van der Waals surface area (Å²) in [6.45, 7) is 2.11. The number of nitrogens with two attached hydrogens (primary N) is 1. The Bertz CT molecular complexity index is 436. The van der Waals surface area contributed by atoms with E-state index in [0.717, 1.165) is 23.5 Å². The third kappa shape index (κ3) is 2.68. The fourth-order valence-corrected chi connectivity index (χ4v) is 2.41. The van der Waals surface area contributed by atoms with E-state index in [1.807, 2.05) is 18.2 Å². The summed E-state index contributed by atoms with van der Waals surface area (Å²) in [6.07, 6.45) is 1.88. The standard InChI is InChI=1S/C13H16N2S/c1-2-11(14)8-13-15-12(9-16-13)10-6-4-3-5-7-10/h3-7,9,11H,2,8,14H2,1H3. The fourth-order valence-electron chi connectivity index (χ4n) is 1.51. The molecule has 2 N–H and O–H groups in total. The van der Waals surface area contributed by atoms with Gasteiger partial charge in [0.2, 0.25) is 0 Å². The third-order valence-electron chi connectivity index (χ3n) is 2.58. The van der Waals surface area contributed by atoms with Gasteiger partial charge in [-0.15, -0.1) is 11.3 Å². The molecular weight excluding hydrogens is 216 g/mol. The molecule has 84 valence electrons. The van der Waals surface area contributed by atoms with Crippen LogP contribution >= 0.6 is 11.3 Å². The van der Waals surface area contributed by atoms with Crippen LogP contribution in [0.1, 0.15) is 18.4 Å². The Morgan fingerprint density at radius 1 is 1.31 bits per heavy atom. The van der Waals surface area contributed by atoms with Crippen molar-refractivity contribution in [1.29, 1.82) is 0 Å². The number of hydrogen-bond donors (Lipinski definition) is 1. The van der Waals surface area contributed by atoms with E-state index in [1.165, 1.54) is 5.56 Å². The highest BCUT2D eigenvalue weighted by Gasteiger charge is 2.07. The second-order valence-electron chi connectivity index (χ2n) is 3.86. The van der Waals surface area contributed by atoms with Crippen LogP contribution in [0.5, 0.6) is 0 Å². The highest BCUT2D eigenvalue weighted by Crippen LogP contribution is 2.22. The molecule has 1 aromatic heterocycles. The first-order valence-corrected chi connectivity index (χ1v) is 6.43. The Morgan fingerprint density at radius 2 is 2.06 bits per heavy atom. The molecule has 0 bridgehead atoms. The van der Waals surface area contributed by atoms with Gasteiger partial charge >= 0.3 is 0 Å². The highest BCUT2D eigenvalue weighted by atomic mass is 32.1. The van der Waals surface area contributed by atoms with Crippen LogP contribution in [0, 0.1) is 0 Å². The van der Waals surface area contributed by atoms with E-state index < -0.39 is 0 Å². The molecule has 0 aliphatic rings. The Balaban J connectivity index is 2.14. The summed E-state index contributed by atoms with van der Waals surface area (Å²) in [4.78, 5) is 4.61. The van der Waals surface area contributed by atoms with Crippen molar-refractivity contribution < 1.29 is 0 Å². The number of aromatic nitrogens is 1. The lowest BCUT2D eigenvalue weighted by Crippen LogP contribution is -2.21. The van der Waals surface area contributed by atoms with Gasteiger partial charge in [0.1, 0.15) is 0 Å². The van der Waals surface area contributed by atoms with Crippen LogP contribution in [0.4, 0.5) is 0 Å². The van der Waals surface area contributed by atoms with E-state index in [0.29, 0.717) is 0 Å². The van der Waals surface area contributed by atoms with Crippen molar-refractivity contribution in [2.75, 3.05) is 0 Å².